The lowest BCUT2D eigenvalue weighted by Gasteiger charge is -2.20. The number of nitrogens with one attached hydrogen (secondary N) is 1. The Morgan fingerprint density at radius 3 is 2.35 bits per heavy atom. The van der Waals surface area contributed by atoms with E-state index in [0.717, 1.165) is 29.5 Å². The van der Waals surface area contributed by atoms with Gasteiger partial charge in [-0.3, -0.25) is 4.79 Å². The second-order valence-corrected chi connectivity index (χ2v) is 9.49. The fourth-order valence-electron chi connectivity index (χ4n) is 3.99. The summed E-state index contributed by atoms with van der Waals surface area (Å²) in [5.41, 5.74) is 2.74. The van der Waals surface area contributed by atoms with Crippen LogP contribution in [0, 0.1) is 0 Å². The second kappa shape index (κ2) is 11.7. The predicted octanol–water partition coefficient (Wildman–Crippen LogP) is 4.67. The van der Waals surface area contributed by atoms with Gasteiger partial charge in [0.2, 0.25) is 5.91 Å². The molecule has 34 heavy (non-hydrogen) atoms. The fourth-order valence-corrected chi connectivity index (χ4v) is 3.99. The Balaban J connectivity index is 1.51. The quantitative estimate of drug-likeness (QED) is 0.543. The van der Waals surface area contributed by atoms with Crippen LogP contribution in [0.1, 0.15) is 50.3 Å². The molecule has 1 saturated heterocycles. The number of imide groups is 1. The summed E-state index contributed by atoms with van der Waals surface area (Å²) in [6.07, 6.45) is 1.88. The monoisotopic (exact) mass is 466 g/mol. The molecule has 1 heterocycles. The number of carbonyl (C=O) groups is 3. The number of hydrogen-bond donors (Lipinski definition) is 1. The largest absolute Gasteiger partial charge is 0.447 e. The van der Waals surface area contributed by atoms with Crippen molar-refractivity contribution >= 4 is 18.1 Å². The molecule has 182 valence electrons. The zero-order chi connectivity index (χ0) is 24.6. The molecule has 1 fully saturated rings. The number of hydrogen-bond acceptors (Lipinski definition) is 5. The zero-order valence-corrected chi connectivity index (χ0v) is 20.2. The first-order chi connectivity index (χ1) is 16.2. The second-order valence-electron chi connectivity index (χ2n) is 9.49. The van der Waals surface area contributed by atoms with E-state index in [1.165, 1.54) is 4.90 Å². The van der Waals surface area contributed by atoms with E-state index in [-0.39, 0.29) is 25.0 Å². The molecule has 1 aliphatic heterocycles. The van der Waals surface area contributed by atoms with Crippen molar-refractivity contribution in [3.63, 3.8) is 0 Å². The summed E-state index contributed by atoms with van der Waals surface area (Å²) >= 11 is 0. The summed E-state index contributed by atoms with van der Waals surface area (Å²) in [5.74, 6) is -0.218. The summed E-state index contributed by atoms with van der Waals surface area (Å²) in [6.45, 7) is 6.21. The molecule has 3 amide bonds. The maximum Gasteiger partial charge on any atom is 0.416 e. The minimum absolute atomic E-state index is 0.218. The Morgan fingerprint density at radius 2 is 1.68 bits per heavy atom. The highest BCUT2D eigenvalue weighted by Gasteiger charge is 2.37. The lowest BCUT2D eigenvalue weighted by Crippen LogP contribution is -2.40. The van der Waals surface area contributed by atoms with Gasteiger partial charge in [-0.1, -0.05) is 54.6 Å². The number of cyclic esters (lactones) is 1. The summed E-state index contributed by atoms with van der Waals surface area (Å²) in [5, 5.41) is 2.77. The first-order valence-corrected chi connectivity index (χ1v) is 11.8. The molecule has 1 N–H and O–H groups in total. The van der Waals surface area contributed by atoms with Crippen molar-refractivity contribution in [2.45, 2.75) is 64.5 Å². The number of nitrogens with zero attached hydrogens (tertiary/aromatic N) is 1. The molecule has 1 aliphatic rings. The molecule has 0 unspecified atom stereocenters. The minimum Gasteiger partial charge on any atom is -0.447 e. The van der Waals surface area contributed by atoms with E-state index in [0.29, 0.717) is 19.4 Å². The molecule has 7 heteroatoms. The molecule has 2 aromatic carbocycles. The average molecular weight is 467 g/mol. The molecular weight excluding hydrogens is 432 g/mol. The molecule has 0 spiro atoms. The number of carbonyl (C=O) groups excluding carboxylic acids is 3. The Bertz CT molecular complexity index is 984. The van der Waals surface area contributed by atoms with Crippen LogP contribution in [0.15, 0.2) is 54.6 Å². The van der Waals surface area contributed by atoms with Crippen molar-refractivity contribution in [3.05, 3.63) is 71.3 Å². The number of alkyl carbamates (subject to hydrolysis) is 1. The van der Waals surface area contributed by atoms with Crippen LogP contribution in [0.5, 0.6) is 0 Å². The van der Waals surface area contributed by atoms with Gasteiger partial charge in [-0.25, -0.2) is 14.5 Å². The number of rotatable bonds is 9. The summed E-state index contributed by atoms with van der Waals surface area (Å²) in [7, 11) is 0. The van der Waals surface area contributed by atoms with Crippen molar-refractivity contribution in [1.29, 1.82) is 0 Å². The molecule has 0 bridgehead atoms. The number of aryl methyl sites for hydroxylation is 2. The van der Waals surface area contributed by atoms with E-state index in [9.17, 15) is 14.4 Å². The van der Waals surface area contributed by atoms with Gasteiger partial charge in [-0.05, 0) is 63.1 Å². The molecule has 0 saturated carbocycles. The number of amides is 3. The molecule has 7 nitrogen and oxygen atoms in total. The third kappa shape index (κ3) is 7.61. The summed E-state index contributed by atoms with van der Waals surface area (Å²) < 4.78 is 10.4. The highest BCUT2D eigenvalue weighted by atomic mass is 16.6. The van der Waals surface area contributed by atoms with E-state index < -0.39 is 17.8 Å². The Labute approximate surface area is 201 Å². The van der Waals surface area contributed by atoms with Crippen molar-refractivity contribution in [3.8, 4) is 0 Å². The smallest absolute Gasteiger partial charge is 0.416 e. The maximum absolute atomic E-state index is 13.0. The van der Waals surface area contributed by atoms with E-state index >= 15 is 0 Å². The van der Waals surface area contributed by atoms with Crippen LogP contribution in [0.4, 0.5) is 9.59 Å². The zero-order valence-electron chi connectivity index (χ0n) is 20.2. The van der Waals surface area contributed by atoms with Crippen LogP contribution in [0.2, 0.25) is 0 Å². The Hall–Kier alpha value is -3.35. The van der Waals surface area contributed by atoms with Crippen LogP contribution < -0.4 is 5.32 Å². The summed E-state index contributed by atoms with van der Waals surface area (Å²) in [6, 6.07) is 17.5. The summed E-state index contributed by atoms with van der Waals surface area (Å²) in [4.78, 5) is 38.3. The van der Waals surface area contributed by atoms with Gasteiger partial charge in [-0.15, -0.1) is 0 Å². The molecule has 3 rings (SSSR count). The molecule has 1 atom stereocenters. The van der Waals surface area contributed by atoms with Crippen LogP contribution in [0.25, 0.3) is 0 Å². The van der Waals surface area contributed by atoms with Crippen LogP contribution in [0.3, 0.4) is 0 Å². The highest BCUT2D eigenvalue weighted by molar-refractivity contribution is 5.93. The SMILES string of the molecule is CC(C)(C)OC(=O)NCCCc1ccccc1CCC(=O)N1C(=O)OC[C@H]1Cc1ccccc1. The van der Waals surface area contributed by atoms with Gasteiger partial charge in [0.15, 0.2) is 0 Å². The fraction of sp³-hybridized carbons (Fsp3) is 0.444. The van der Waals surface area contributed by atoms with Crippen molar-refractivity contribution < 1.29 is 23.9 Å². The third-order valence-corrected chi connectivity index (χ3v) is 5.56. The van der Waals surface area contributed by atoms with Crippen LogP contribution in [-0.2, 0) is 33.5 Å². The molecule has 0 aliphatic carbocycles. The molecule has 0 aromatic heterocycles. The van der Waals surface area contributed by atoms with Crippen LogP contribution >= 0.6 is 0 Å². The van der Waals surface area contributed by atoms with Crippen molar-refractivity contribution in [2.75, 3.05) is 13.2 Å². The van der Waals surface area contributed by atoms with Gasteiger partial charge in [0.1, 0.15) is 12.2 Å². The lowest BCUT2D eigenvalue weighted by molar-refractivity contribution is -0.129. The van der Waals surface area contributed by atoms with Gasteiger partial charge in [0.05, 0.1) is 6.04 Å². The van der Waals surface area contributed by atoms with Crippen LogP contribution in [-0.4, -0.2) is 47.8 Å². The molecule has 0 radical (unpaired) electrons. The normalized spacial score (nSPS) is 15.7. The van der Waals surface area contributed by atoms with Crippen molar-refractivity contribution in [2.24, 2.45) is 0 Å². The first kappa shape index (κ1) is 25.3. The van der Waals surface area contributed by atoms with E-state index in [1.807, 2.05) is 75.4 Å². The number of ether oxygens (including phenoxy) is 2. The number of benzene rings is 2. The average Bonchev–Trinajstić information content (AvgIpc) is 3.15. The van der Waals surface area contributed by atoms with E-state index in [4.69, 9.17) is 9.47 Å². The maximum atomic E-state index is 13.0. The van der Waals surface area contributed by atoms with Gasteiger partial charge >= 0.3 is 12.2 Å². The highest BCUT2D eigenvalue weighted by Crippen LogP contribution is 2.20. The van der Waals surface area contributed by atoms with Gasteiger partial charge in [0, 0.05) is 13.0 Å². The third-order valence-electron chi connectivity index (χ3n) is 5.56. The predicted molar refractivity (Wildman–Crippen MR) is 129 cm³/mol. The van der Waals surface area contributed by atoms with E-state index in [2.05, 4.69) is 5.32 Å². The Morgan fingerprint density at radius 1 is 1.03 bits per heavy atom. The van der Waals surface area contributed by atoms with Gasteiger partial charge in [0.25, 0.3) is 0 Å². The van der Waals surface area contributed by atoms with Gasteiger partial charge in [-0.2, -0.15) is 0 Å². The van der Waals surface area contributed by atoms with E-state index in [1.54, 1.807) is 0 Å². The molecular formula is C27H34N2O5. The lowest BCUT2D eigenvalue weighted by atomic mass is 9.98. The first-order valence-electron chi connectivity index (χ1n) is 11.8. The van der Waals surface area contributed by atoms with Gasteiger partial charge < -0.3 is 14.8 Å². The minimum atomic E-state index is -0.563. The topological polar surface area (TPSA) is 84.9 Å². The Kier molecular flexibility index (Phi) is 8.68. The van der Waals surface area contributed by atoms with Crippen molar-refractivity contribution in [1.82, 2.24) is 10.2 Å². The standard InChI is InChI=1S/C27H34N2O5/c1-27(2,3)34-25(31)28-17-9-14-21-12-7-8-13-22(21)15-16-24(30)29-23(19-33-26(29)32)18-20-10-5-4-6-11-20/h4-8,10-13,23H,9,14-19H2,1-3H3,(H,28,31)/t23-/m1/s1. The molecule has 2 aromatic rings.